The quantitative estimate of drug-likeness (QED) is 0.691. The van der Waals surface area contributed by atoms with Crippen molar-refractivity contribution in [1.82, 2.24) is 15.5 Å². The van der Waals surface area contributed by atoms with Crippen molar-refractivity contribution in [1.29, 1.82) is 0 Å². The van der Waals surface area contributed by atoms with E-state index in [1.807, 2.05) is 24.3 Å². The molecule has 0 bridgehead atoms. The van der Waals surface area contributed by atoms with Crippen LogP contribution >= 0.6 is 11.8 Å². The van der Waals surface area contributed by atoms with Crippen molar-refractivity contribution in [2.75, 3.05) is 24.4 Å². The maximum atomic E-state index is 11.9. The lowest BCUT2D eigenvalue weighted by Gasteiger charge is -2.09. The van der Waals surface area contributed by atoms with E-state index in [4.69, 9.17) is 9.15 Å². The Bertz CT molecular complexity index is 864. The minimum Gasteiger partial charge on any atom is -0.497 e. The Morgan fingerprint density at radius 1 is 1.35 bits per heavy atom. The lowest BCUT2D eigenvalue weighted by atomic mass is 10.1. The molecule has 2 aromatic rings. The van der Waals surface area contributed by atoms with Gasteiger partial charge in [0, 0.05) is 6.04 Å². The summed E-state index contributed by atoms with van der Waals surface area (Å²) in [7, 11) is -1.40. The Balaban J connectivity index is 1.46. The average Bonchev–Trinajstić information content (AvgIpc) is 3.19. The Morgan fingerprint density at radius 3 is 2.77 bits per heavy atom. The number of thioether (sulfide) groups is 1. The molecule has 1 amide bonds. The third kappa shape index (κ3) is 5.21. The Labute approximate surface area is 155 Å². The van der Waals surface area contributed by atoms with Crippen molar-refractivity contribution in [2.24, 2.45) is 0 Å². The summed E-state index contributed by atoms with van der Waals surface area (Å²) < 4.78 is 33.4. The number of hydrogen-bond donors (Lipinski definition) is 1. The number of hydrogen-bond acceptors (Lipinski definition) is 8. The molecule has 1 aliphatic heterocycles. The lowest BCUT2D eigenvalue weighted by Crippen LogP contribution is -2.36. The number of methoxy groups -OCH3 is 1. The molecule has 1 aromatic carbocycles. The third-order valence-corrected chi connectivity index (χ3v) is 6.47. The molecule has 1 aromatic heterocycles. The molecular weight excluding hydrogens is 378 g/mol. The number of benzene rings is 1. The van der Waals surface area contributed by atoms with Crippen LogP contribution < -0.4 is 10.1 Å². The van der Waals surface area contributed by atoms with Gasteiger partial charge in [0.05, 0.1) is 30.8 Å². The predicted octanol–water partition coefficient (Wildman–Crippen LogP) is 1.06. The summed E-state index contributed by atoms with van der Waals surface area (Å²) in [4.78, 5) is 11.9. The van der Waals surface area contributed by atoms with Crippen LogP contribution in [0, 0.1) is 0 Å². The van der Waals surface area contributed by atoms with Crippen LogP contribution in [0.2, 0.25) is 0 Å². The number of carbonyl (C=O) groups excluding carboxylic acids is 1. The Morgan fingerprint density at radius 2 is 2.12 bits per heavy atom. The van der Waals surface area contributed by atoms with Crippen LogP contribution in [0.4, 0.5) is 0 Å². The number of ether oxygens (including phenoxy) is 1. The maximum Gasteiger partial charge on any atom is 0.277 e. The third-order valence-electron chi connectivity index (χ3n) is 3.89. The highest BCUT2D eigenvalue weighted by atomic mass is 32.2. The molecule has 2 heterocycles. The maximum absolute atomic E-state index is 11.9. The highest BCUT2D eigenvalue weighted by molar-refractivity contribution is 7.99. The number of sulfone groups is 1. The Hall–Kier alpha value is -2.07. The van der Waals surface area contributed by atoms with Crippen molar-refractivity contribution < 1.29 is 22.4 Å². The van der Waals surface area contributed by atoms with E-state index in [0.717, 1.165) is 23.1 Å². The second kappa shape index (κ2) is 8.09. The van der Waals surface area contributed by atoms with E-state index in [1.54, 1.807) is 7.11 Å². The van der Waals surface area contributed by atoms with E-state index in [-0.39, 0.29) is 29.2 Å². The summed E-state index contributed by atoms with van der Waals surface area (Å²) in [6, 6.07) is 7.24. The van der Waals surface area contributed by atoms with Crippen LogP contribution in [-0.2, 0) is 21.1 Å². The van der Waals surface area contributed by atoms with E-state index in [0.29, 0.717) is 24.0 Å². The van der Waals surface area contributed by atoms with Gasteiger partial charge in [0.25, 0.3) is 5.22 Å². The van der Waals surface area contributed by atoms with Gasteiger partial charge in [-0.2, -0.15) is 0 Å². The van der Waals surface area contributed by atoms with Crippen LogP contribution in [0.3, 0.4) is 0 Å². The molecule has 0 aliphatic carbocycles. The number of nitrogens with zero attached hydrogens (tertiary/aromatic N) is 2. The monoisotopic (exact) mass is 397 g/mol. The van der Waals surface area contributed by atoms with Gasteiger partial charge in [-0.15, -0.1) is 10.2 Å². The van der Waals surface area contributed by atoms with E-state index in [1.165, 1.54) is 0 Å². The number of rotatable bonds is 7. The van der Waals surface area contributed by atoms with Gasteiger partial charge >= 0.3 is 0 Å². The first kappa shape index (κ1) is 18.7. The fraction of sp³-hybridized carbons (Fsp3) is 0.438. The molecule has 8 nitrogen and oxygen atoms in total. The van der Waals surface area contributed by atoms with Crippen LogP contribution in [0.15, 0.2) is 33.9 Å². The summed E-state index contributed by atoms with van der Waals surface area (Å²) in [6.07, 6.45) is 0.953. The summed E-state index contributed by atoms with van der Waals surface area (Å²) in [5.41, 5.74) is 1.01. The van der Waals surface area contributed by atoms with Crippen molar-refractivity contribution in [2.45, 2.75) is 24.1 Å². The molecule has 26 heavy (non-hydrogen) atoms. The molecule has 140 valence electrons. The molecular formula is C16H19N3O5S2. The van der Waals surface area contributed by atoms with E-state index in [2.05, 4.69) is 15.5 Å². The highest BCUT2D eigenvalue weighted by Crippen LogP contribution is 2.19. The van der Waals surface area contributed by atoms with E-state index >= 15 is 0 Å². The zero-order chi connectivity index (χ0) is 18.6. The second-order valence-corrected chi connectivity index (χ2v) is 9.10. The lowest BCUT2D eigenvalue weighted by molar-refractivity contribution is -0.119. The largest absolute Gasteiger partial charge is 0.497 e. The van der Waals surface area contributed by atoms with Crippen LogP contribution in [0.25, 0.3) is 0 Å². The fourth-order valence-electron chi connectivity index (χ4n) is 2.59. The SMILES string of the molecule is COc1ccc(Cc2nnc(SCC(=O)N[C@@H]3CCS(=O)(=O)C3)o2)cc1. The fourth-order valence-corrected chi connectivity index (χ4v) is 4.86. The van der Waals surface area contributed by atoms with Crippen molar-refractivity contribution in [3.63, 3.8) is 0 Å². The van der Waals surface area contributed by atoms with Gasteiger partial charge in [-0.1, -0.05) is 23.9 Å². The van der Waals surface area contributed by atoms with Crippen LogP contribution in [0.1, 0.15) is 17.9 Å². The van der Waals surface area contributed by atoms with Gasteiger partial charge in [-0.25, -0.2) is 8.42 Å². The highest BCUT2D eigenvalue weighted by Gasteiger charge is 2.28. The van der Waals surface area contributed by atoms with Gasteiger partial charge in [0.15, 0.2) is 9.84 Å². The van der Waals surface area contributed by atoms with Crippen LogP contribution in [-0.4, -0.2) is 54.9 Å². The molecule has 1 saturated heterocycles. The topological polar surface area (TPSA) is 111 Å². The standard InChI is InChI=1S/C16H19N3O5S2/c1-23-13-4-2-11(3-5-13)8-15-18-19-16(24-15)25-9-14(20)17-12-6-7-26(21,22)10-12/h2-5,12H,6-10H2,1H3,(H,17,20)/t12-/m1/s1. The van der Waals surface area contributed by atoms with Crippen molar-refractivity contribution in [3.05, 3.63) is 35.7 Å². The molecule has 0 saturated carbocycles. The van der Waals surface area contributed by atoms with Gasteiger partial charge in [-0.05, 0) is 24.1 Å². The van der Waals surface area contributed by atoms with Crippen molar-refractivity contribution in [3.8, 4) is 5.75 Å². The van der Waals surface area contributed by atoms with Gasteiger partial charge in [-0.3, -0.25) is 4.79 Å². The summed E-state index contributed by atoms with van der Waals surface area (Å²) in [6.45, 7) is 0. The molecule has 10 heteroatoms. The first-order valence-corrected chi connectivity index (χ1v) is 10.8. The Kier molecular flexibility index (Phi) is 5.82. The number of aromatic nitrogens is 2. The first-order valence-electron chi connectivity index (χ1n) is 8.01. The van der Waals surface area contributed by atoms with Gasteiger partial charge in [0.1, 0.15) is 5.75 Å². The van der Waals surface area contributed by atoms with Gasteiger partial charge < -0.3 is 14.5 Å². The molecule has 3 rings (SSSR count). The molecule has 1 N–H and O–H groups in total. The number of nitrogens with one attached hydrogen (secondary N) is 1. The smallest absolute Gasteiger partial charge is 0.277 e. The summed E-state index contributed by atoms with van der Waals surface area (Å²) in [5, 5.41) is 10.9. The van der Waals surface area contributed by atoms with Crippen LogP contribution in [0.5, 0.6) is 5.75 Å². The normalized spacial score (nSPS) is 18.6. The predicted molar refractivity (Wildman–Crippen MR) is 96.0 cm³/mol. The van der Waals surface area contributed by atoms with Crippen molar-refractivity contribution >= 4 is 27.5 Å². The zero-order valence-electron chi connectivity index (χ0n) is 14.2. The molecule has 0 unspecified atom stereocenters. The minimum absolute atomic E-state index is 0.00989. The van der Waals surface area contributed by atoms with E-state index < -0.39 is 9.84 Å². The van der Waals surface area contributed by atoms with Gasteiger partial charge in [0.2, 0.25) is 11.8 Å². The molecule has 0 radical (unpaired) electrons. The zero-order valence-corrected chi connectivity index (χ0v) is 15.8. The molecule has 1 atom stereocenters. The molecule has 0 spiro atoms. The average molecular weight is 397 g/mol. The number of carbonyl (C=O) groups is 1. The first-order chi connectivity index (χ1) is 12.4. The summed E-state index contributed by atoms with van der Waals surface area (Å²) in [5.74, 6) is 1.23. The number of amides is 1. The molecule has 1 fully saturated rings. The minimum atomic E-state index is -3.01. The molecule has 1 aliphatic rings. The van der Waals surface area contributed by atoms with E-state index in [9.17, 15) is 13.2 Å². The second-order valence-electron chi connectivity index (χ2n) is 5.94. The summed E-state index contributed by atoms with van der Waals surface area (Å²) >= 11 is 1.13.